The summed E-state index contributed by atoms with van der Waals surface area (Å²) < 4.78 is 3.16. The van der Waals surface area contributed by atoms with Gasteiger partial charge in [0.2, 0.25) is 5.78 Å². The number of anilines is 2. The van der Waals surface area contributed by atoms with Crippen molar-refractivity contribution < 1.29 is 4.79 Å². The number of halogens is 1. The fourth-order valence-electron chi connectivity index (χ4n) is 3.55. The molecule has 0 aromatic carbocycles. The molecule has 0 bridgehead atoms. The average Bonchev–Trinajstić information content (AvgIpc) is 3.08. The zero-order chi connectivity index (χ0) is 20.5. The van der Waals surface area contributed by atoms with Gasteiger partial charge < -0.3 is 15.5 Å². The number of nitrogens with one attached hydrogen (secondary N) is 2. The minimum absolute atomic E-state index is 0. The van der Waals surface area contributed by atoms with Crippen LogP contribution in [0.1, 0.15) is 29.9 Å². The van der Waals surface area contributed by atoms with Gasteiger partial charge in [-0.3, -0.25) is 18.6 Å². The van der Waals surface area contributed by atoms with Crippen molar-refractivity contribution in [2.24, 2.45) is 0 Å². The highest BCUT2D eigenvalue weighted by Crippen LogP contribution is 2.14. The predicted octanol–water partition coefficient (Wildman–Crippen LogP) is 1.09. The molecule has 0 radical (unpaired) electrons. The van der Waals surface area contributed by atoms with Crippen LogP contribution in [0, 0.1) is 6.92 Å². The average molecular weight is 433 g/mol. The summed E-state index contributed by atoms with van der Waals surface area (Å²) >= 11 is 0. The molecule has 11 heteroatoms. The summed E-state index contributed by atoms with van der Waals surface area (Å²) in [6.45, 7) is 8.81. The molecule has 1 saturated heterocycles. The third-order valence-electron chi connectivity index (χ3n) is 4.96. The number of amides is 1. The zero-order valence-corrected chi connectivity index (χ0v) is 17.9. The van der Waals surface area contributed by atoms with E-state index in [4.69, 9.17) is 0 Å². The Hall–Kier alpha value is -2.98. The molecule has 0 unspecified atom stereocenters. The highest BCUT2D eigenvalue weighted by Gasteiger charge is 2.19. The summed E-state index contributed by atoms with van der Waals surface area (Å²) in [6, 6.07) is 3.91. The molecule has 1 aliphatic rings. The molecule has 3 aromatic rings. The monoisotopic (exact) mass is 432 g/mol. The lowest BCUT2D eigenvalue weighted by molar-refractivity contribution is 0.102. The predicted molar refractivity (Wildman–Crippen MR) is 117 cm³/mol. The number of fused-ring (bicyclic) bond motifs is 1. The molecule has 4 heterocycles. The second-order valence-electron chi connectivity index (χ2n) is 7.21. The standard InChI is InChI=1S/C19H24N8O2.ClH/c1-4-27-18(29)14(11-26-10-13(3)21-19(26)27)17(28)22-15-5-6-16(24-23-15)25-8-7-20-12(2)9-25;/h5-6,10-12,20H,4,7-9H2,1-3H3,(H,22,23,28);1H/t12-;/m0./s1. The Balaban J connectivity index is 0.00000256. The van der Waals surface area contributed by atoms with E-state index in [-0.39, 0.29) is 23.5 Å². The Bertz CT molecular complexity index is 1110. The number of imidazole rings is 1. The van der Waals surface area contributed by atoms with Crippen molar-refractivity contribution in [1.29, 1.82) is 0 Å². The smallest absolute Gasteiger partial charge is 0.267 e. The second-order valence-corrected chi connectivity index (χ2v) is 7.21. The Morgan fingerprint density at radius 3 is 2.77 bits per heavy atom. The van der Waals surface area contributed by atoms with E-state index in [2.05, 4.69) is 37.6 Å². The number of aryl methyl sites for hydroxylation is 2. The van der Waals surface area contributed by atoms with Crippen molar-refractivity contribution in [1.82, 2.24) is 29.5 Å². The van der Waals surface area contributed by atoms with Gasteiger partial charge in [0.1, 0.15) is 5.56 Å². The maximum absolute atomic E-state index is 12.7. The maximum Gasteiger partial charge on any atom is 0.267 e. The first-order chi connectivity index (χ1) is 14.0. The number of aromatic nitrogens is 5. The molecule has 160 valence electrons. The summed E-state index contributed by atoms with van der Waals surface area (Å²) in [5, 5.41) is 14.4. The van der Waals surface area contributed by atoms with Crippen molar-refractivity contribution in [3.63, 3.8) is 0 Å². The SMILES string of the molecule is CCn1c(=O)c(C(=O)Nc2ccc(N3CCN[C@@H](C)C3)nn2)cn2cc(C)nc12.Cl. The van der Waals surface area contributed by atoms with Gasteiger partial charge in [-0.25, -0.2) is 4.98 Å². The van der Waals surface area contributed by atoms with Gasteiger partial charge in [-0.1, -0.05) is 0 Å². The molecule has 30 heavy (non-hydrogen) atoms. The van der Waals surface area contributed by atoms with Crippen LogP contribution in [-0.4, -0.2) is 55.7 Å². The third-order valence-corrected chi connectivity index (χ3v) is 4.96. The molecule has 0 spiro atoms. The van der Waals surface area contributed by atoms with E-state index in [1.54, 1.807) is 16.7 Å². The van der Waals surface area contributed by atoms with Gasteiger partial charge in [-0.05, 0) is 32.9 Å². The quantitative estimate of drug-likeness (QED) is 0.635. The number of carbonyl (C=O) groups excluding carboxylic acids is 1. The molecule has 1 amide bonds. The van der Waals surface area contributed by atoms with Gasteiger partial charge in [-0.15, -0.1) is 22.6 Å². The van der Waals surface area contributed by atoms with Crippen LogP contribution in [0.25, 0.3) is 5.78 Å². The molecular formula is C19H25ClN8O2. The van der Waals surface area contributed by atoms with Crippen LogP contribution >= 0.6 is 12.4 Å². The molecule has 0 aliphatic carbocycles. The largest absolute Gasteiger partial charge is 0.352 e. The van der Waals surface area contributed by atoms with Gasteiger partial charge in [0, 0.05) is 44.6 Å². The molecule has 4 rings (SSSR count). The Kier molecular flexibility index (Phi) is 6.37. The number of piperazine rings is 1. The van der Waals surface area contributed by atoms with Gasteiger partial charge in [-0.2, -0.15) is 0 Å². The molecule has 10 nitrogen and oxygen atoms in total. The maximum atomic E-state index is 12.7. The number of hydrogen-bond donors (Lipinski definition) is 2. The van der Waals surface area contributed by atoms with Crippen LogP contribution in [0.2, 0.25) is 0 Å². The van der Waals surface area contributed by atoms with Crippen LogP contribution in [-0.2, 0) is 6.54 Å². The molecule has 1 fully saturated rings. The molecular weight excluding hydrogens is 408 g/mol. The van der Waals surface area contributed by atoms with E-state index in [1.165, 1.54) is 10.8 Å². The Labute approximate surface area is 179 Å². The lowest BCUT2D eigenvalue weighted by Gasteiger charge is -2.32. The van der Waals surface area contributed by atoms with Crippen molar-refractivity contribution in [2.75, 3.05) is 29.9 Å². The van der Waals surface area contributed by atoms with Crippen LogP contribution in [0.5, 0.6) is 0 Å². The lowest BCUT2D eigenvalue weighted by atomic mass is 10.2. The Morgan fingerprint density at radius 1 is 1.30 bits per heavy atom. The zero-order valence-electron chi connectivity index (χ0n) is 17.1. The van der Waals surface area contributed by atoms with Gasteiger partial charge >= 0.3 is 0 Å². The van der Waals surface area contributed by atoms with Crippen molar-refractivity contribution in [2.45, 2.75) is 33.4 Å². The number of nitrogens with zero attached hydrogens (tertiary/aromatic N) is 6. The number of hydrogen-bond acceptors (Lipinski definition) is 7. The first kappa shape index (κ1) is 21.7. The molecule has 1 aliphatic heterocycles. The van der Waals surface area contributed by atoms with Crippen LogP contribution in [0.15, 0.2) is 29.3 Å². The second kappa shape index (κ2) is 8.80. The van der Waals surface area contributed by atoms with Crippen molar-refractivity contribution in [3.05, 3.63) is 46.1 Å². The topological polar surface area (TPSA) is 109 Å². The normalized spacial score (nSPS) is 16.4. The summed E-state index contributed by atoms with van der Waals surface area (Å²) in [6.07, 6.45) is 3.28. The van der Waals surface area contributed by atoms with E-state index in [0.717, 1.165) is 31.1 Å². The van der Waals surface area contributed by atoms with Crippen molar-refractivity contribution >= 4 is 35.7 Å². The molecule has 3 aromatic heterocycles. The van der Waals surface area contributed by atoms with E-state index >= 15 is 0 Å². The lowest BCUT2D eigenvalue weighted by Crippen LogP contribution is -2.49. The van der Waals surface area contributed by atoms with E-state index in [1.807, 2.05) is 19.9 Å². The van der Waals surface area contributed by atoms with E-state index in [9.17, 15) is 9.59 Å². The first-order valence-corrected chi connectivity index (χ1v) is 9.69. The minimum Gasteiger partial charge on any atom is -0.352 e. The number of carbonyl (C=O) groups is 1. The fourth-order valence-corrected chi connectivity index (χ4v) is 3.55. The van der Waals surface area contributed by atoms with Gasteiger partial charge in [0.25, 0.3) is 11.5 Å². The fraction of sp³-hybridized carbons (Fsp3) is 0.421. The summed E-state index contributed by atoms with van der Waals surface area (Å²) in [7, 11) is 0. The van der Waals surface area contributed by atoms with Crippen molar-refractivity contribution in [3.8, 4) is 0 Å². The van der Waals surface area contributed by atoms with Crippen LogP contribution in [0.4, 0.5) is 11.6 Å². The van der Waals surface area contributed by atoms with E-state index in [0.29, 0.717) is 24.2 Å². The number of rotatable bonds is 4. The van der Waals surface area contributed by atoms with Crippen LogP contribution in [0.3, 0.4) is 0 Å². The minimum atomic E-state index is -0.525. The summed E-state index contributed by atoms with van der Waals surface area (Å²) in [4.78, 5) is 32.0. The molecule has 1 atom stereocenters. The van der Waals surface area contributed by atoms with Gasteiger partial charge in [0.05, 0.1) is 5.69 Å². The van der Waals surface area contributed by atoms with Gasteiger partial charge in [0.15, 0.2) is 11.6 Å². The highest BCUT2D eigenvalue weighted by molar-refractivity contribution is 6.03. The third kappa shape index (κ3) is 4.14. The molecule has 0 saturated carbocycles. The summed E-state index contributed by atoms with van der Waals surface area (Å²) in [5.41, 5.74) is 0.411. The van der Waals surface area contributed by atoms with Crippen LogP contribution < -0.4 is 21.1 Å². The first-order valence-electron chi connectivity index (χ1n) is 9.69. The summed E-state index contributed by atoms with van der Waals surface area (Å²) in [5.74, 6) is 1.05. The highest BCUT2D eigenvalue weighted by atomic mass is 35.5. The molecule has 2 N–H and O–H groups in total. The van der Waals surface area contributed by atoms with E-state index < -0.39 is 5.91 Å². The Morgan fingerprint density at radius 2 is 2.10 bits per heavy atom.